The number of anilines is 1. The highest BCUT2D eigenvalue weighted by Gasteiger charge is 2.15. The quantitative estimate of drug-likeness (QED) is 0.642. The Morgan fingerprint density at radius 3 is 2.52 bits per heavy atom. The molecule has 0 aliphatic heterocycles. The van der Waals surface area contributed by atoms with Gasteiger partial charge in [0.2, 0.25) is 5.91 Å². The largest absolute Gasteiger partial charge is 0.506 e. The molecule has 0 fully saturated rings. The zero-order valence-electron chi connectivity index (χ0n) is 14.6. The third kappa shape index (κ3) is 5.56. The maximum absolute atomic E-state index is 12.3. The fraction of sp³-hybridized carbons (Fsp3) is 0.222. The number of amides is 2. The summed E-state index contributed by atoms with van der Waals surface area (Å²) in [5, 5.41) is 14.6. The molecule has 2 aromatic carbocycles. The van der Waals surface area contributed by atoms with Crippen LogP contribution in [0.1, 0.15) is 15.9 Å². The van der Waals surface area contributed by atoms with E-state index in [-0.39, 0.29) is 35.0 Å². The number of aromatic hydroxyl groups is 1. The molecule has 2 rings (SSSR count). The second-order valence-electron chi connectivity index (χ2n) is 5.50. The minimum atomic E-state index is -3.03. The molecule has 7 nitrogen and oxygen atoms in total. The number of phenols is 1. The first-order valence-electron chi connectivity index (χ1n) is 7.80. The fourth-order valence-corrected chi connectivity index (χ4v) is 2.21. The van der Waals surface area contributed by atoms with E-state index in [2.05, 4.69) is 15.4 Å². The van der Waals surface area contributed by atoms with Gasteiger partial charge in [0, 0.05) is 5.56 Å². The number of ether oxygens (including phenoxy) is 2. The Labute approximate surface area is 153 Å². The van der Waals surface area contributed by atoms with Crippen molar-refractivity contribution in [1.82, 2.24) is 5.32 Å². The normalized spacial score (nSPS) is 10.4. The molecule has 0 aliphatic carbocycles. The van der Waals surface area contributed by atoms with Gasteiger partial charge in [-0.15, -0.1) is 0 Å². The molecule has 0 saturated carbocycles. The molecule has 0 saturated heterocycles. The van der Waals surface area contributed by atoms with Crippen LogP contribution < -0.4 is 20.1 Å². The molecule has 144 valence electrons. The predicted molar refractivity (Wildman–Crippen MR) is 93.4 cm³/mol. The van der Waals surface area contributed by atoms with E-state index in [1.54, 1.807) is 13.0 Å². The van der Waals surface area contributed by atoms with Crippen LogP contribution in [0.4, 0.5) is 14.5 Å². The molecule has 0 atom stereocenters. The number of alkyl halides is 2. The van der Waals surface area contributed by atoms with Gasteiger partial charge in [-0.1, -0.05) is 6.07 Å². The van der Waals surface area contributed by atoms with Gasteiger partial charge in [0.1, 0.15) is 5.75 Å². The SMILES string of the molecule is COc1cc(C(=O)NCC(=O)Nc2ccc(C)cc2O)ccc1OC(F)F. The Kier molecular flexibility index (Phi) is 6.53. The van der Waals surface area contributed by atoms with Gasteiger partial charge in [-0.25, -0.2) is 0 Å². The molecule has 0 aliphatic rings. The van der Waals surface area contributed by atoms with Crippen LogP contribution >= 0.6 is 0 Å². The molecule has 9 heteroatoms. The lowest BCUT2D eigenvalue weighted by Gasteiger charge is -2.12. The van der Waals surface area contributed by atoms with E-state index in [4.69, 9.17) is 4.74 Å². The van der Waals surface area contributed by atoms with E-state index >= 15 is 0 Å². The Morgan fingerprint density at radius 1 is 1.15 bits per heavy atom. The van der Waals surface area contributed by atoms with Crippen molar-refractivity contribution in [2.75, 3.05) is 19.0 Å². The van der Waals surface area contributed by atoms with Crippen LogP contribution in [-0.2, 0) is 4.79 Å². The fourth-order valence-electron chi connectivity index (χ4n) is 2.21. The molecular weight excluding hydrogens is 362 g/mol. The molecular formula is C18H18F2N2O5. The number of rotatable bonds is 7. The lowest BCUT2D eigenvalue weighted by molar-refractivity contribution is -0.115. The molecule has 0 heterocycles. The van der Waals surface area contributed by atoms with E-state index in [1.807, 2.05) is 0 Å². The topological polar surface area (TPSA) is 96.9 Å². The average Bonchev–Trinajstić information content (AvgIpc) is 2.62. The molecule has 3 N–H and O–H groups in total. The van der Waals surface area contributed by atoms with Gasteiger partial charge >= 0.3 is 6.61 Å². The number of hydrogen-bond acceptors (Lipinski definition) is 5. The van der Waals surface area contributed by atoms with Crippen molar-refractivity contribution in [3.05, 3.63) is 47.5 Å². The van der Waals surface area contributed by atoms with E-state index in [9.17, 15) is 23.5 Å². The second-order valence-corrected chi connectivity index (χ2v) is 5.50. The van der Waals surface area contributed by atoms with Crippen molar-refractivity contribution < 1.29 is 33.0 Å². The van der Waals surface area contributed by atoms with Crippen molar-refractivity contribution >= 4 is 17.5 Å². The number of methoxy groups -OCH3 is 1. The average molecular weight is 380 g/mol. The molecule has 0 aromatic heterocycles. The third-order valence-corrected chi connectivity index (χ3v) is 3.48. The van der Waals surface area contributed by atoms with Crippen LogP contribution in [0.25, 0.3) is 0 Å². The summed E-state index contributed by atoms with van der Waals surface area (Å²) in [6.07, 6.45) is 0. The first kappa shape index (κ1) is 20.0. The summed E-state index contributed by atoms with van der Waals surface area (Å²) < 4.78 is 33.8. The lowest BCUT2D eigenvalue weighted by Crippen LogP contribution is -2.32. The molecule has 2 amide bonds. The third-order valence-electron chi connectivity index (χ3n) is 3.48. The number of phenolic OH excluding ortho intramolecular Hbond substituents is 1. The van der Waals surface area contributed by atoms with Crippen LogP contribution in [0.2, 0.25) is 0 Å². The zero-order valence-corrected chi connectivity index (χ0v) is 14.6. The van der Waals surface area contributed by atoms with Gasteiger partial charge in [0.05, 0.1) is 19.3 Å². The van der Waals surface area contributed by atoms with Gasteiger partial charge < -0.3 is 25.2 Å². The van der Waals surface area contributed by atoms with Crippen LogP contribution in [-0.4, -0.2) is 37.2 Å². The van der Waals surface area contributed by atoms with Crippen LogP contribution in [0, 0.1) is 6.92 Å². The molecule has 2 aromatic rings. The lowest BCUT2D eigenvalue weighted by atomic mass is 10.2. The van der Waals surface area contributed by atoms with E-state index in [1.165, 1.54) is 37.4 Å². The summed E-state index contributed by atoms with van der Waals surface area (Å²) >= 11 is 0. The smallest absolute Gasteiger partial charge is 0.387 e. The summed E-state index contributed by atoms with van der Waals surface area (Å²) in [5.41, 5.74) is 1.14. The summed E-state index contributed by atoms with van der Waals surface area (Å²) in [6, 6.07) is 8.39. The predicted octanol–water partition coefficient (Wildman–Crippen LogP) is 2.68. The maximum Gasteiger partial charge on any atom is 0.387 e. The number of carbonyl (C=O) groups is 2. The summed E-state index contributed by atoms with van der Waals surface area (Å²) in [4.78, 5) is 24.0. The van der Waals surface area contributed by atoms with Crippen LogP contribution in [0.3, 0.4) is 0 Å². The highest BCUT2D eigenvalue weighted by Crippen LogP contribution is 2.29. The van der Waals surface area contributed by atoms with E-state index < -0.39 is 18.4 Å². The second kappa shape index (κ2) is 8.84. The standard InChI is InChI=1S/C18H18F2N2O5/c1-10-3-5-12(13(23)7-10)22-16(24)9-21-17(25)11-4-6-14(27-18(19)20)15(8-11)26-2/h3-8,18,23H,9H2,1-2H3,(H,21,25)(H,22,24). The van der Waals surface area contributed by atoms with Crippen LogP contribution in [0.15, 0.2) is 36.4 Å². The molecule has 0 spiro atoms. The molecule has 0 unspecified atom stereocenters. The number of benzene rings is 2. The summed E-state index contributed by atoms with van der Waals surface area (Å²) in [5.74, 6) is -1.50. The van der Waals surface area contributed by atoms with Gasteiger partial charge in [-0.2, -0.15) is 8.78 Å². The van der Waals surface area contributed by atoms with Crippen molar-refractivity contribution in [1.29, 1.82) is 0 Å². The van der Waals surface area contributed by atoms with Crippen LogP contribution in [0.5, 0.6) is 17.2 Å². The number of aryl methyl sites for hydroxylation is 1. The first-order valence-corrected chi connectivity index (χ1v) is 7.80. The van der Waals surface area contributed by atoms with Crippen molar-refractivity contribution in [2.45, 2.75) is 13.5 Å². The first-order chi connectivity index (χ1) is 12.8. The molecule has 0 radical (unpaired) electrons. The Hall–Kier alpha value is -3.36. The van der Waals surface area contributed by atoms with Gasteiger partial charge in [-0.3, -0.25) is 9.59 Å². The number of carbonyl (C=O) groups excluding carboxylic acids is 2. The van der Waals surface area contributed by atoms with E-state index in [0.717, 1.165) is 5.56 Å². The minimum Gasteiger partial charge on any atom is -0.506 e. The minimum absolute atomic E-state index is 0.0445. The monoisotopic (exact) mass is 380 g/mol. The zero-order chi connectivity index (χ0) is 20.0. The highest BCUT2D eigenvalue weighted by atomic mass is 19.3. The maximum atomic E-state index is 12.3. The van der Waals surface area contributed by atoms with Gasteiger partial charge in [-0.05, 0) is 42.8 Å². The number of hydrogen-bond donors (Lipinski definition) is 3. The number of nitrogens with one attached hydrogen (secondary N) is 2. The van der Waals surface area contributed by atoms with Gasteiger partial charge in [0.15, 0.2) is 11.5 Å². The van der Waals surface area contributed by atoms with Crippen molar-refractivity contribution in [2.24, 2.45) is 0 Å². The molecule has 27 heavy (non-hydrogen) atoms. The van der Waals surface area contributed by atoms with Crippen molar-refractivity contribution in [3.8, 4) is 17.2 Å². The molecule has 0 bridgehead atoms. The number of halogens is 2. The Morgan fingerprint density at radius 2 is 1.89 bits per heavy atom. The Balaban J connectivity index is 1.97. The van der Waals surface area contributed by atoms with Crippen molar-refractivity contribution in [3.63, 3.8) is 0 Å². The Bertz CT molecular complexity index is 842. The summed E-state index contributed by atoms with van der Waals surface area (Å²) in [6.45, 7) is -1.60. The van der Waals surface area contributed by atoms with E-state index in [0.29, 0.717) is 0 Å². The van der Waals surface area contributed by atoms with Gasteiger partial charge in [0.25, 0.3) is 5.91 Å². The summed E-state index contributed by atoms with van der Waals surface area (Å²) in [7, 11) is 1.25. The highest BCUT2D eigenvalue weighted by molar-refractivity contribution is 6.00.